The van der Waals surface area contributed by atoms with E-state index in [1.165, 1.54) is 12.1 Å². The molecule has 5 nitrogen and oxygen atoms in total. The predicted octanol–water partition coefficient (Wildman–Crippen LogP) is 2.58. The Morgan fingerprint density at radius 1 is 1.04 bits per heavy atom. The molecule has 6 heteroatoms. The lowest BCUT2D eigenvalue weighted by molar-refractivity contribution is -0.130. The number of carbonyl (C=O) groups is 1. The van der Waals surface area contributed by atoms with Crippen molar-refractivity contribution in [1.82, 2.24) is 15.5 Å². The number of hydrogen-bond acceptors (Lipinski definition) is 2. The fourth-order valence-corrected chi connectivity index (χ4v) is 2.65. The monoisotopic (exact) mass is 370 g/mol. The number of aliphatic imine (C=N–C) groups is 1. The van der Waals surface area contributed by atoms with Crippen LogP contribution in [0.25, 0.3) is 0 Å². The van der Waals surface area contributed by atoms with Crippen LogP contribution in [-0.4, -0.2) is 43.4 Å². The maximum absolute atomic E-state index is 12.9. The number of rotatable bonds is 8. The van der Waals surface area contributed by atoms with Gasteiger partial charge in [0.25, 0.3) is 0 Å². The van der Waals surface area contributed by atoms with Gasteiger partial charge in [-0.05, 0) is 36.6 Å². The normalized spacial score (nSPS) is 11.1. The van der Waals surface area contributed by atoms with Crippen LogP contribution < -0.4 is 10.6 Å². The van der Waals surface area contributed by atoms with Crippen molar-refractivity contribution in [1.29, 1.82) is 0 Å². The van der Waals surface area contributed by atoms with Crippen LogP contribution in [0, 0.1) is 5.82 Å². The Balaban J connectivity index is 1.76. The number of nitrogens with one attached hydrogen (secondary N) is 2. The zero-order chi connectivity index (χ0) is 19.5. The lowest BCUT2D eigenvalue weighted by atomic mass is 10.1. The minimum absolute atomic E-state index is 0.0165. The van der Waals surface area contributed by atoms with Crippen LogP contribution in [0.15, 0.2) is 59.6 Å². The summed E-state index contributed by atoms with van der Waals surface area (Å²) in [4.78, 5) is 18.4. The molecule has 0 bridgehead atoms. The molecule has 2 N–H and O–H groups in total. The summed E-state index contributed by atoms with van der Waals surface area (Å²) in [5.74, 6) is 0.350. The van der Waals surface area contributed by atoms with Gasteiger partial charge >= 0.3 is 0 Å². The van der Waals surface area contributed by atoms with Gasteiger partial charge in [-0.2, -0.15) is 0 Å². The van der Waals surface area contributed by atoms with Gasteiger partial charge in [-0.3, -0.25) is 9.79 Å². The first-order valence-corrected chi connectivity index (χ1v) is 9.13. The van der Waals surface area contributed by atoms with E-state index in [1.807, 2.05) is 37.3 Å². The van der Waals surface area contributed by atoms with E-state index in [0.717, 1.165) is 17.5 Å². The summed E-state index contributed by atoms with van der Waals surface area (Å²) >= 11 is 0. The Hall–Kier alpha value is -2.89. The first kappa shape index (κ1) is 20.4. The van der Waals surface area contributed by atoms with Crippen LogP contribution >= 0.6 is 0 Å². The zero-order valence-electron chi connectivity index (χ0n) is 15.9. The Bertz CT molecular complexity index is 732. The smallest absolute Gasteiger partial charge is 0.242 e. The Morgan fingerprint density at radius 3 is 2.37 bits per heavy atom. The molecule has 0 heterocycles. The Kier molecular flexibility index (Phi) is 8.29. The molecule has 0 aromatic heterocycles. The van der Waals surface area contributed by atoms with Crippen molar-refractivity contribution in [3.05, 3.63) is 71.5 Å². The van der Waals surface area contributed by atoms with E-state index in [4.69, 9.17) is 0 Å². The number of benzene rings is 2. The summed E-state index contributed by atoms with van der Waals surface area (Å²) in [7, 11) is 1.67. The maximum Gasteiger partial charge on any atom is 0.242 e. The molecule has 0 aliphatic carbocycles. The van der Waals surface area contributed by atoms with Crippen LogP contribution in [0.3, 0.4) is 0 Å². The molecule has 0 radical (unpaired) electrons. The SMILES string of the molecule is CCN(Cc1ccccc1)C(=O)CNC(=NC)NCCc1ccc(F)cc1. The molecule has 0 saturated heterocycles. The predicted molar refractivity (Wildman–Crippen MR) is 107 cm³/mol. The van der Waals surface area contributed by atoms with Gasteiger partial charge < -0.3 is 15.5 Å². The number of likely N-dealkylation sites (N-methyl/N-ethyl adjacent to an activating group) is 1. The number of halogens is 1. The lowest BCUT2D eigenvalue weighted by Crippen LogP contribution is -2.44. The molecule has 1 amide bonds. The van der Waals surface area contributed by atoms with E-state index < -0.39 is 0 Å². The van der Waals surface area contributed by atoms with Crippen LogP contribution in [0.2, 0.25) is 0 Å². The number of guanidine groups is 1. The number of carbonyl (C=O) groups excluding carboxylic acids is 1. The summed E-state index contributed by atoms with van der Waals surface area (Å²) in [6, 6.07) is 16.4. The van der Waals surface area contributed by atoms with Crippen LogP contribution in [0.4, 0.5) is 4.39 Å². The molecule has 0 atom stereocenters. The molecule has 0 saturated carbocycles. The molecule has 0 aliphatic heterocycles. The average molecular weight is 370 g/mol. The fourth-order valence-electron chi connectivity index (χ4n) is 2.65. The van der Waals surface area contributed by atoms with Crippen molar-refractivity contribution in [2.24, 2.45) is 4.99 Å². The fraction of sp³-hybridized carbons (Fsp3) is 0.333. The molecule has 0 unspecified atom stereocenters. The minimum atomic E-state index is -0.237. The number of amides is 1. The molecule has 0 spiro atoms. The van der Waals surface area contributed by atoms with Gasteiger partial charge in [-0.25, -0.2) is 4.39 Å². The van der Waals surface area contributed by atoms with Crippen molar-refractivity contribution >= 4 is 11.9 Å². The first-order chi connectivity index (χ1) is 13.1. The second kappa shape index (κ2) is 11.0. The molecule has 0 aliphatic rings. The van der Waals surface area contributed by atoms with Crippen molar-refractivity contribution in [2.75, 3.05) is 26.7 Å². The van der Waals surface area contributed by atoms with E-state index in [-0.39, 0.29) is 18.3 Å². The number of hydrogen-bond donors (Lipinski definition) is 2. The minimum Gasteiger partial charge on any atom is -0.356 e. The molecule has 144 valence electrons. The average Bonchev–Trinajstić information content (AvgIpc) is 2.70. The van der Waals surface area contributed by atoms with Gasteiger partial charge in [0.05, 0.1) is 6.54 Å². The second-order valence-electron chi connectivity index (χ2n) is 6.12. The maximum atomic E-state index is 12.9. The van der Waals surface area contributed by atoms with Crippen molar-refractivity contribution in [3.63, 3.8) is 0 Å². The number of nitrogens with zero attached hydrogens (tertiary/aromatic N) is 2. The first-order valence-electron chi connectivity index (χ1n) is 9.13. The summed E-state index contributed by atoms with van der Waals surface area (Å²) in [6.07, 6.45) is 0.740. The summed E-state index contributed by atoms with van der Waals surface area (Å²) < 4.78 is 12.9. The van der Waals surface area contributed by atoms with Gasteiger partial charge in [0.2, 0.25) is 5.91 Å². The molecule has 27 heavy (non-hydrogen) atoms. The molecule has 2 rings (SSSR count). The van der Waals surface area contributed by atoms with E-state index in [9.17, 15) is 9.18 Å². The Labute approximate surface area is 160 Å². The molecular weight excluding hydrogens is 343 g/mol. The van der Waals surface area contributed by atoms with Gasteiger partial charge in [0.15, 0.2) is 5.96 Å². The van der Waals surface area contributed by atoms with E-state index in [0.29, 0.717) is 25.6 Å². The molecule has 0 fully saturated rings. The molecular formula is C21H27FN4O. The topological polar surface area (TPSA) is 56.7 Å². The highest BCUT2D eigenvalue weighted by molar-refractivity contribution is 5.86. The molecule has 2 aromatic rings. The highest BCUT2D eigenvalue weighted by atomic mass is 19.1. The standard InChI is InChI=1S/C21H27FN4O/c1-3-26(16-18-7-5-4-6-8-18)20(27)15-25-21(23-2)24-14-13-17-9-11-19(22)12-10-17/h4-12H,3,13-16H2,1-2H3,(H2,23,24,25). The summed E-state index contributed by atoms with van der Waals surface area (Å²) in [5, 5.41) is 6.22. The van der Waals surface area contributed by atoms with Crippen LogP contribution in [0.5, 0.6) is 0 Å². The summed E-state index contributed by atoms with van der Waals surface area (Å²) in [6.45, 7) is 4.02. The highest BCUT2D eigenvalue weighted by Crippen LogP contribution is 2.04. The van der Waals surface area contributed by atoms with Crippen LogP contribution in [0.1, 0.15) is 18.1 Å². The third-order valence-corrected chi connectivity index (χ3v) is 4.20. The molecule has 2 aromatic carbocycles. The van der Waals surface area contributed by atoms with E-state index >= 15 is 0 Å². The van der Waals surface area contributed by atoms with Crippen molar-refractivity contribution in [3.8, 4) is 0 Å². The lowest BCUT2D eigenvalue weighted by Gasteiger charge is -2.22. The van der Waals surface area contributed by atoms with Crippen LogP contribution in [-0.2, 0) is 17.8 Å². The van der Waals surface area contributed by atoms with Gasteiger partial charge in [-0.15, -0.1) is 0 Å². The third kappa shape index (κ3) is 7.09. The second-order valence-corrected chi connectivity index (χ2v) is 6.12. The van der Waals surface area contributed by atoms with E-state index in [1.54, 1.807) is 24.1 Å². The zero-order valence-corrected chi connectivity index (χ0v) is 15.9. The highest BCUT2D eigenvalue weighted by Gasteiger charge is 2.12. The summed E-state index contributed by atoms with van der Waals surface area (Å²) in [5.41, 5.74) is 2.14. The van der Waals surface area contributed by atoms with Gasteiger partial charge in [-0.1, -0.05) is 42.5 Å². The van der Waals surface area contributed by atoms with E-state index in [2.05, 4.69) is 15.6 Å². The largest absolute Gasteiger partial charge is 0.356 e. The van der Waals surface area contributed by atoms with Gasteiger partial charge in [0, 0.05) is 26.7 Å². The van der Waals surface area contributed by atoms with Gasteiger partial charge in [0.1, 0.15) is 5.82 Å². The Morgan fingerprint density at radius 2 is 1.74 bits per heavy atom. The quantitative estimate of drug-likeness (QED) is 0.555. The van der Waals surface area contributed by atoms with Crippen molar-refractivity contribution < 1.29 is 9.18 Å². The third-order valence-electron chi connectivity index (χ3n) is 4.20. The van der Waals surface area contributed by atoms with Crippen molar-refractivity contribution in [2.45, 2.75) is 19.9 Å².